The Morgan fingerprint density at radius 1 is 1.24 bits per heavy atom. The molecule has 0 heterocycles. The summed E-state index contributed by atoms with van der Waals surface area (Å²) in [4.78, 5) is 22.7. The lowest BCUT2D eigenvalue weighted by molar-refractivity contribution is -0.144. The molecule has 0 spiro atoms. The number of aliphatic hydroxyl groups excluding tert-OH is 1. The molecule has 0 aliphatic carbocycles. The van der Waals surface area contributed by atoms with Gasteiger partial charge in [0.2, 0.25) is 0 Å². The van der Waals surface area contributed by atoms with E-state index in [-0.39, 0.29) is 32.0 Å². The van der Waals surface area contributed by atoms with Crippen LogP contribution in [0.1, 0.15) is 12.0 Å². The molecule has 0 fully saturated rings. The van der Waals surface area contributed by atoms with E-state index >= 15 is 0 Å². The molecule has 118 valence electrons. The molecule has 1 aromatic carbocycles. The molecule has 21 heavy (non-hydrogen) atoms. The molecule has 0 aliphatic heterocycles. The number of hydrogen-bond donors (Lipinski definition) is 3. The van der Waals surface area contributed by atoms with Crippen molar-refractivity contribution < 1.29 is 24.2 Å². The van der Waals surface area contributed by atoms with E-state index in [0.717, 1.165) is 5.56 Å². The second-order valence-electron chi connectivity index (χ2n) is 4.12. The fourth-order valence-corrected chi connectivity index (χ4v) is 1.40. The third-order valence-corrected chi connectivity index (χ3v) is 2.53. The summed E-state index contributed by atoms with van der Waals surface area (Å²) < 4.78 is 9.12. The highest BCUT2D eigenvalue weighted by Gasteiger charge is 2.26. The minimum atomic E-state index is -1.33. The smallest absolute Gasteiger partial charge is 0.429 e. The predicted molar refractivity (Wildman–Crippen MR) is 77.6 cm³/mol. The van der Waals surface area contributed by atoms with Crippen molar-refractivity contribution in [3.63, 3.8) is 0 Å². The number of aliphatic hydroxyl groups is 1. The minimum absolute atomic E-state index is 0. The van der Waals surface area contributed by atoms with Crippen LogP contribution in [-0.4, -0.2) is 35.9 Å². The normalized spacial score (nSPS) is 12.7. The van der Waals surface area contributed by atoms with Gasteiger partial charge in [0.25, 0.3) is 0 Å². The van der Waals surface area contributed by atoms with Crippen LogP contribution in [0.15, 0.2) is 30.3 Å². The van der Waals surface area contributed by atoms with Crippen LogP contribution >= 0.6 is 12.4 Å². The predicted octanol–water partition coefficient (Wildman–Crippen LogP) is 0.325. The number of rotatable bonds is 6. The standard InChI is InChI=1S/C13H18N2O5.ClH/c14-7-6-10(16)11(15)12(17)20-13(18)19-8-9-4-2-1-3-5-9;/h1-5,10-11,16H,6-8,14-15H2;1H/t10?,11-;/m0./s1. The van der Waals surface area contributed by atoms with Crippen LogP contribution in [0.3, 0.4) is 0 Å². The number of esters is 1. The number of ether oxygens (including phenoxy) is 2. The zero-order valence-electron chi connectivity index (χ0n) is 11.3. The molecule has 0 saturated carbocycles. The Labute approximate surface area is 128 Å². The highest BCUT2D eigenvalue weighted by Crippen LogP contribution is 2.03. The Kier molecular flexibility index (Phi) is 9.31. The maximum absolute atomic E-state index is 11.4. The summed E-state index contributed by atoms with van der Waals surface area (Å²) in [5.41, 5.74) is 11.4. The maximum Gasteiger partial charge on any atom is 0.516 e. The highest BCUT2D eigenvalue weighted by atomic mass is 35.5. The monoisotopic (exact) mass is 318 g/mol. The van der Waals surface area contributed by atoms with Gasteiger partial charge in [-0.2, -0.15) is 0 Å². The number of nitrogens with two attached hydrogens (primary N) is 2. The van der Waals surface area contributed by atoms with Crippen LogP contribution in [0.25, 0.3) is 0 Å². The first-order valence-corrected chi connectivity index (χ1v) is 6.10. The van der Waals surface area contributed by atoms with Crippen molar-refractivity contribution in [2.45, 2.75) is 25.2 Å². The van der Waals surface area contributed by atoms with Crippen molar-refractivity contribution in [1.82, 2.24) is 0 Å². The third kappa shape index (κ3) is 7.05. The first-order chi connectivity index (χ1) is 9.54. The Bertz CT molecular complexity index is 443. The van der Waals surface area contributed by atoms with Gasteiger partial charge >= 0.3 is 12.1 Å². The Morgan fingerprint density at radius 2 is 1.86 bits per heavy atom. The van der Waals surface area contributed by atoms with Gasteiger partial charge < -0.3 is 26.0 Å². The Morgan fingerprint density at radius 3 is 2.43 bits per heavy atom. The molecule has 8 heteroatoms. The highest BCUT2D eigenvalue weighted by molar-refractivity contribution is 5.86. The van der Waals surface area contributed by atoms with Crippen LogP contribution in [0.5, 0.6) is 0 Å². The molecule has 1 unspecified atom stereocenters. The average Bonchev–Trinajstić information content (AvgIpc) is 2.45. The first kappa shape index (κ1) is 19.3. The topological polar surface area (TPSA) is 125 Å². The number of halogens is 1. The zero-order chi connectivity index (χ0) is 15.0. The Balaban J connectivity index is 0.00000400. The molecule has 0 aromatic heterocycles. The van der Waals surface area contributed by atoms with Gasteiger partial charge in [0.1, 0.15) is 12.6 Å². The lowest BCUT2D eigenvalue weighted by Gasteiger charge is -2.15. The van der Waals surface area contributed by atoms with Crippen molar-refractivity contribution >= 4 is 24.5 Å². The van der Waals surface area contributed by atoms with E-state index in [1.54, 1.807) is 24.3 Å². The van der Waals surface area contributed by atoms with Crippen molar-refractivity contribution in [3.8, 4) is 0 Å². The SMILES string of the molecule is Cl.NCCC(O)[C@H](N)C(=O)OC(=O)OCc1ccccc1. The zero-order valence-corrected chi connectivity index (χ0v) is 12.1. The van der Waals surface area contributed by atoms with E-state index in [9.17, 15) is 14.7 Å². The van der Waals surface area contributed by atoms with Gasteiger partial charge in [0, 0.05) is 0 Å². The van der Waals surface area contributed by atoms with Crippen molar-refractivity contribution in [3.05, 3.63) is 35.9 Å². The van der Waals surface area contributed by atoms with Crippen molar-refractivity contribution in [1.29, 1.82) is 0 Å². The lowest BCUT2D eigenvalue weighted by atomic mass is 10.1. The van der Waals surface area contributed by atoms with Crippen molar-refractivity contribution in [2.24, 2.45) is 11.5 Å². The average molecular weight is 319 g/mol. The second kappa shape index (κ2) is 10.1. The van der Waals surface area contributed by atoms with Crippen LogP contribution in [0.2, 0.25) is 0 Å². The molecule has 0 bridgehead atoms. The summed E-state index contributed by atoms with van der Waals surface area (Å²) in [6, 6.07) is 7.58. The quantitative estimate of drug-likeness (QED) is 0.509. The molecule has 0 radical (unpaired) electrons. The van der Waals surface area contributed by atoms with Crippen LogP contribution in [0, 0.1) is 0 Å². The van der Waals surface area contributed by atoms with E-state index in [0.29, 0.717) is 0 Å². The molecule has 0 amide bonds. The summed E-state index contributed by atoms with van der Waals surface area (Å²) in [6.45, 7) is 0.147. The van der Waals surface area contributed by atoms with E-state index in [4.69, 9.17) is 16.2 Å². The van der Waals surface area contributed by atoms with Gasteiger partial charge in [-0.25, -0.2) is 9.59 Å². The van der Waals surface area contributed by atoms with Gasteiger partial charge in [0.15, 0.2) is 0 Å². The number of benzene rings is 1. The fourth-order valence-electron chi connectivity index (χ4n) is 1.40. The minimum Gasteiger partial charge on any atom is -0.429 e. The van der Waals surface area contributed by atoms with Crippen LogP contribution in [0.4, 0.5) is 4.79 Å². The number of carbonyl (C=O) groups excluding carboxylic acids is 2. The van der Waals surface area contributed by atoms with Gasteiger partial charge in [0.05, 0.1) is 6.10 Å². The van der Waals surface area contributed by atoms with E-state index in [1.807, 2.05) is 6.07 Å². The number of hydrogen-bond acceptors (Lipinski definition) is 7. The van der Waals surface area contributed by atoms with E-state index in [1.165, 1.54) is 0 Å². The fraction of sp³-hybridized carbons (Fsp3) is 0.385. The number of carbonyl (C=O) groups is 2. The molecule has 1 rings (SSSR count). The first-order valence-electron chi connectivity index (χ1n) is 6.10. The maximum atomic E-state index is 11.4. The Hall–Kier alpha value is -1.67. The molecule has 7 nitrogen and oxygen atoms in total. The second-order valence-corrected chi connectivity index (χ2v) is 4.12. The molecular weight excluding hydrogens is 300 g/mol. The summed E-state index contributed by atoms with van der Waals surface area (Å²) in [7, 11) is 0. The molecule has 5 N–H and O–H groups in total. The molecule has 1 aromatic rings. The summed E-state index contributed by atoms with van der Waals surface area (Å²) >= 11 is 0. The van der Waals surface area contributed by atoms with Gasteiger partial charge in [-0.05, 0) is 18.5 Å². The molecule has 2 atom stereocenters. The molecule has 0 aliphatic rings. The van der Waals surface area contributed by atoms with E-state index in [2.05, 4.69) is 4.74 Å². The van der Waals surface area contributed by atoms with Crippen LogP contribution in [-0.2, 0) is 20.9 Å². The lowest BCUT2D eigenvalue weighted by Crippen LogP contribution is -2.44. The van der Waals surface area contributed by atoms with E-state index < -0.39 is 24.3 Å². The summed E-state index contributed by atoms with van der Waals surface area (Å²) in [6.07, 6.45) is -2.18. The molecular formula is C13H19ClN2O5. The molecule has 0 saturated heterocycles. The summed E-state index contributed by atoms with van der Waals surface area (Å²) in [5.74, 6) is -1.05. The van der Waals surface area contributed by atoms with Gasteiger partial charge in [-0.3, -0.25) is 0 Å². The van der Waals surface area contributed by atoms with Crippen LogP contribution < -0.4 is 11.5 Å². The third-order valence-electron chi connectivity index (χ3n) is 2.53. The van der Waals surface area contributed by atoms with Gasteiger partial charge in [-0.15, -0.1) is 12.4 Å². The largest absolute Gasteiger partial charge is 0.516 e. The van der Waals surface area contributed by atoms with Gasteiger partial charge in [-0.1, -0.05) is 30.3 Å². The van der Waals surface area contributed by atoms with Crippen molar-refractivity contribution in [2.75, 3.05) is 6.54 Å². The summed E-state index contributed by atoms with van der Waals surface area (Å²) in [5, 5.41) is 9.45.